The molecule has 0 N–H and O–H groups in total. The van der Waals surface area contributed by atoms with Crippen LogP contribution in [-0.2, 0) is 17.7 Å². The number of carbonyl (C=O) groups is 1. The van der Waals surface area contributed by atoms with E-state index in [4.69, 9.17) is 14.5 Å². The molecule has 1 aromatic heterocycles. The smallest absolute Gasteiger partial charge is 0.337 e. The third-order valence-corrected chi connectivity index (χ3v) is 5.64. The molecule has 0 saturated heterocycles. The minimum atomic E-state index is -0.326. The normalized spacial score (nSPS) is 10.9. The number of aryl methyl sites for hydroxylation is 1. The molecule has 1 heterocycles. The Morgan fingerprint density at radius 1 is 1.07 bits per heavy atom. The van der Waals surface area contributed by atoms with Crippen molar-refractivity contribution in [2.45, 2.75) is 19.4 Å². The van der Waals surface area contributed by atoms with Gasteiger partial charge in [0.05, 0.1) is 25.5 Å². The number of carbonyl (C=O) groups excluding carboxylic acids is 1. The van der Waals surface area contributed by atoms with Gasteiger partial charge in [-0.05, 0) is 56.3 Å². The lowest BCUT2D eigenvalue weighted by atomic mass is 10.1. The van der Waals surface area contributed by atoms with Crippen LogP contribution in [-0.4, -0.2) is 43.7 Å². The van der Waals surface area contributed by atoms with Crippen LogP contribution in [0.1, 0.15) is 28.0 Å². The van der Waals surface area contributed by atoms with Crippen molar-refractivity contribution >= 4 is 17.3 Å². The highest BCUT2D eigenvalue weighted by atomic mass is 32.1. The third kappa shape index (κ3) is 5.89. The first-order valence-corrected chi connectivity index (χ1v) is 10.4. The molecule has 0 unspecified atom stereocenters. The van der Waals surface area contributed by atoms with E-state index in [-0.39, 0.29) is 5.97 Å². The molecule has 3 rings (SSSR count). The number of hydrogen-bond donors (Lipinski definition) is 0. The van der Waals surface area contributed by atoms with E-state index in [2.05, 4.69) is 29.5 Å². The third-order valence-electron chi connectivity index (χ3n) is 4.70. The molecule has 0 radical (unpaired) electrons. The summed E-state index contributed by atoms with van der Waals surface area (Å²) in [5, 5.41) is 3.06. The van der Waals surface area contributed by atoms with Gasteiger partial charge in [0.2, 0.25) is 0 Å². The van der Waals surface area contributed by atoms with E-state index in [1.165, 1.54) is 12.7 Å². The number of benzene rings is 2. The number of esters is 1. The average Bonchev–Trinajstić information content (AvgIpc) is 3.22. The van der Waals surface area contributed by atoms with Gasteiger partial charge in [-0.3, -0.25) is 0 Å². The van der Waals surface area contributed by atoms with Gasteiger partial charge in [-0.1, -0.05) is 24.3 Å². The molecule has 5 nitrogen and oxygen atoms in total. The molecule has 29 heavy (non-hydrogen) atoms. The lowest BCUT2D eigenvalue weighted by Gasteiger charge is -2.15. The predicted molar refractivity (Wildman–Crippen MR) is 117 cm³/mol. The highest BCUT2D eigenvalue weighted by Crippen LogP contribution is 2.24. The molecule has 3 aromatic rings. The van der Waals surface area contributed by atoms with Gasteiger partial charge >= 0.3 is 5.97 Å². The molecule has 0 fully saturated rings. The number of methoxy groups -OCH3 is 2. The topological polar surface area (TPSA) is 51.7 Å². The zero-order valence-corrected chi connectivity index (χ0v) is 17.9. The van der Waals surface area contributed by atoms with Crippen LogP contribution in [0.25, 0.3) is 10.6 Å². The maximum absolute atomic E-state index is 11.5. The van der Waals surface area contributed by atoms with E-state index in [9.17, 15) is 4.79 Å². The molecule has 152 valence electrons. The van der Waals surface area contributed by atoms with Crippen LogP contribution in [0.5, 0.6) is 5.75 Å². The van der Waals surface area contributed by atoms with Crippen LogP contribution in [0, 0.1) is 0 Å². The van der Waals surface area contributed by atoms with Crippen molar-refractivity contribution in [2.75, 3.05) is 27.8 Å². The van der Waals surface area contributed by atoms with Crippen molar-refractivity contribution in [1.82, 2.24) is 9.88 Å². The number of nitrogens with zero attached hydrogens (tertiary/aromatic N) is 2. The van der Waals surface area contributed by atoms with Crippen LogP contribution in [0.4, 0.5) is 0 Å². The number of aromatic nitrogens is 1. The van der Waals surface area contributed by atoms with Gasteiger partial charge < -0.3 is 14.4 Å². The molecule has 0 saturated carbocycles. The summed E-state index contributed by atoms with van der Waals surface area (Å²) in [4.78, 5) is 18.6. The van der Waals surface area contributed by atoms with E-state index >= 15 is 0 Å². The summed E-state index contributed by atoms with van der Waals surface area (Å²) < 4.78 is 9.94. The molecule has 0 aliphatic carbocycles. The summed E-state index contributed by atoms with van der Waals surface area (Å²) >= 11 is 1.62. The van der Waals surface area contributed by atoms with E-state index < -0.39 is 0 Å². The Kier molecular flexibility index (Phi) is 7.38. The lowest BCUT2D eigenvalue weighted by molar-refractivity contribution is 0.0601. The van der Waals surface area contributed by atoms with Crippen LogP contribution < -0.4 is 4.74 Å². The maximum atomic E-state index is 11.5. The Balaban J connectivity index is 1.49. The second-order valence-corrected chi connectivity index (χ2v) is 7.76. The predicted octanol–water partition coefficient (Wildman–Crippen LogP) is 4.67. The maximum Gasteiger partial charge on any atom is 0.337 e. The molecule has 0 amide bonds. The number of ether oxygens (including phenoxy) is 2. The molecule has 0 atom stereocenters. The summed E-state index contributed by atoms with van der Waals surface area (Å²) in [6.45, 7) is 1.83. The SMILES string of the molecule is COC(=O)c1ccc(-c2nc(CN(C)CCCc3ccc(OC)cc3)cs2)cc1. The highest BCUT2D eigenvalue weighted by Gasteiger charge is 2.09. The fourth-order valence-electron chi connectivity index (χ4n) is 3.08. The van der Waals surface area contributed by atoms with Crippen LogP contribution >= 0.6 is 11.3 Å². The Labute approximate surface area is 175 Å². The molecule has 0 spiro atoms. The second-order valence-electron chi connectivity index (χ2n) is 6.90. The van der Waals surface area contributed by atoms with Gasteiger partial charge in [0.1, 0.15) is 10.8 Å². The molecule has 2 aromatic carbocycles. The van der Waals surface area contributed by atoms with Crippen LogP contribution in [0.3, 0.4) is 0 Å². The molecule has 0 aliphatic rings. The summed E-state index contributed by atoms with van der Waals surface area (Å²) in [6.07, 6.45) is 2.14. The Hall–Kier alpha value is -2.70. The molecular formula is C23H26N2O3S. The van der Waals surface area contributed by atoms with E-state index in [1.54, 1.807) is 30.6 Å². The van der Waals surface area contributed by atoms with Crippen molar-refractivity contribution < 1.29 is 14.3 Å². The van der Waals surface area contributed by atoms with Crippen molar-refractivity contribution in [1.29, 1.82) is 0 Å². The van der Waals surface area contributed by atoms with E-state index in [0.717, 1.165) is 47.9 Å². The van der Waals surface area contributed by atoms with Crippen molar-refractivity contribution in [3.8, 4) is 16.3 Å². The van der Waals surface area contributed by atoms with Gasteiger partial charge in [-0.15, -0.1) is 11.3 Å². The lowest BCUT2D eigenvalue weighted by Crippen LogP contribution is -2.19. The molecule has 0 aliphatic heterocycles. The first-order chi connectivity index (χ1) is 14.1. The Morgan fingerprint density at radius 2 is 1.79 bits per heavy atom. The molecule has 6 heteroatoms. The minimum absolute atomic E-state index is 0.326. The zero-order valence-electron chi connectivity index (χ0n) is 17.1. The van der Waals surface area contributed by atoms with Gasteiger partial charge in [0.25, 0.3) is 0 Å². The number of hydrogen-bond acceptors (Lipinski definition) is 6. The first-order valence-electron chi connectivity index (χ1n) is 9.53. The monoisotopic (exact) mass is 410 g/mol. The second kappa shape index (κ2) is 10.2. The summed E-state index contributed by atoms with van der Waals surface area (Å²) in [6, 6.07) is 15.6. The molecule has 0 bridgehead atoms. The Morgan fingerprint density at radius 3 is 2.45 bits per heavy atom. The first kappa shape index (κ1) is 21.0. The highest BCUT2D eigenvalue weighted by molar-refractivity contribution is 7.13. The van der Waals surface area contributed by atoms with Crippen LogP contribution in [0.15, 0.2) is 53.9 Å². The van der Waals surface area contributed by atoms with Crippen molar-refractivity contribution in [3.63, 3.8) is 0 Å². The van der Waals surface area contributed by atoms with Gasteiger partial charge in [-0.2, -0.15) is 0 Å². The van der Waals surface area contributed by atoms with E-state index in [1.807, 2.05) is 24.3 Å². The minimum Gasteiger partial charge on any atom is -0.497 e. The van der Waals surface area contributed by atoms with Crippen molar-refractivity contribution in [3.05, 3.63) is 70.7 Å². The molecular weight excluding hydrogens is 384 g/mol. The fourth-order valence-corrected chi connectivity index (χ4v) is 3.90. The number of thiazole rings is 1. The van der Waals surface area contributed by atoms with Gasteiger partial charge in [0, 0.05) is 17.5 Å². The summed E-state index contributed by atoms with van der Waals surface area (Å²) in [5.41, 5.74) is 3.94. The zero-order chi connectivity index (χ0) is 20.6. The Bertz CT molecular complexity index is 920. The summed E-state index contributed by atoms with van der Waals surface area (Å²) in [5.74, 6) is 0.567. The van der Waals surface area contributed by atoms with Crippen LogP contribution in [0.2, 0.25) is 0 Å². The fraction of sp³-hybridized carbons (Fsp3) is 0.304. The van der Waals surface area contributed by atoms with Gasteiger partial charge in [0.15, 0.2) is 0 Å². The van der Waals surface area contributed by atoms with E-state index in [0.29, 0.717) is 5.56 Å². The standard InChI is InChI=1S/C23H26N2O3S/c1-25(14-4-5-17-6-12-21(27-2)13-7-17)15-20-16-29-22(24-20)18-8-10-19(11-9-18)23(26)28-3/h6-13,16H,4-5,14-15H2,1-3H3. The average molecular weight is 411 g/mol. The quantitative estimate of drug-likeness (QED) is 0.480. The number of rotatable bonds is 9. The van der Waals surface area contributed by atoms with Crippen molar-refractivity contribution in [2.24, 2.45) is 0 Å². The summed E-state index contributed by atoms with van der Waals surface area (Å²) in [7, 11) is 5.19. The largest absolute Gasteiger partial charge is 0.497 e. The van der Waals surface area contributed by atoms with Gasteiger partial charge in [-0.25, -0.2) is 9.78 Å².